The molecule has 0 saturated carbocycles. The largest absolute Gasteiger partial charge is 0.492 e. The molecule has 8 heteroatoms. The molecule has 1 aliphatic heterocycles. The van der Waals surface area contributed by atoms with Crippen LogP contribution in [0.25, 0.3) is 11.0 Å². The fraction of sp³-hybridized carbons (Fsp3) is 0.417. The normalized spacial score (nSPS) is 16.4. The first-order valence-corrected chi connectivity index (χ1v) is 10.9. The van der Waals surface area contributed by atoms with E-state index in [0.717, 1.165) is 41.8 Å². The standard InChI is InChI=1S/C24H30N6O2/c1-14-11-18(22-16(3)28-29(4)23(22)27-14)24(31)30-10-6-7-17(12-30)13-32-20-9-5-8-19(26)21(20)15(2)25/h5,8-9,11,17,25H,6-7,10,12-13,26H2,1-4H3. The third kappa shape index (κ3) is 4.04. The molecule has 0 spiro atoms. The maximum absolute atomic E-state index is 13.5. The van der Waals surface area contributed by atoms with Crippen molar-refractivity contribution < 1.29 is 9.53 Å². The van der Waals surface area contributed by atoms with Gasteiger partial charge in [-0.25, -0.2) is 4.98 Å². The third-order valence-corrected chi connectivity index (χ3v) is 6.04. The molecule has 0 bridgehead atoms. The van der Waals surface area contributed by atoms with E-state index in [2.05, 4.69) is 10.1 Å². The van der Waals surface area contributed by atoms with E-state index in [1.807, 2.05) is 44.0 Å². The zero-order valence-corrected chi connectivity index (χ0v) is 19.1. The second-order valence-corrected chi connectivity index (χ2v) is 8.63. The van der Waals surface area contributed by atoms with Crippen LogP contribution in [0, 0.1) is 25.2 Å². The summed E-state index contributed by atoms with van der Waals surface area (Å²) in [5.41, 5.74) is 10.6. The van der Waals surface area contributed by atoms with Gasteiger partial charge in [0.25, 0.3) is 5.91 Å². The van der Waals surface area contributed by atoms with Crippen molar-refractivity contribution >= 4 is 28.3 Å². The number of hydrogen-bond acceptors (Lipinski definition) is 6. The van der Waals surface area contributed by atoms with Gasteiger partial charge in [-0.2, -0.15) is 5.10 Å². The van der Waals surface area contributed by atoms with Crippen LogP contribution in [0.15, 0.2) is 24.3 Å². The number of amides is 1. The number of aryl methyl sites for hydroxylation is 3. The van der Waals surface area contributed by atoms with Crippen molar-refractivity contribution in [3.63, 3.8) is 0 Å². The third-order valence-electron chi connectivity index (χ3n) is 6.04. The molecule has 1 fully saturated rings. The molecule has 3 N–H and O–H groups in total. The molecule has 1 unspecified atom stereocenters. The van der Waals surface area contributed by atoms with Crippen LogP contribution in [-0.4, -0.2) is 51.0 Å². The van der Waals surface area contributed by atoms with Crippen LogP contribution in [0.5, 0.6) is 5.75 Å². The number of aromatic nitrogens is 3. The van der Waals surface area contributed by atoms with Crippen molar-refractivity contribution in [2.45, 2.75) is 33.6 Å². The average Bonchev–Trinajstić information content (AvgIpc) is 3.04. The number of nitrogens with zero attached hydrogens (tertiary/aromatic N) is 4. The predicted octanol–water partition coefficient (Wildman–Crippen LogP) is 3.49. The number of nitrogens with one attached hydrogen (secondary N) is 1. The number of ether oxygens (including phenoxy) is 1. The van der Waals surface area contributed by atoms with Crippen LogP contribution in [0.4, 0.5) is 5.69 Å². The monoisotopic (exact) mass is 434 g/mol. The molecule has 1 atom stereocenters. The first-order valence-electron chi connectivity index (χ1n) is 10.9. The minimum Gasteiger partial charge on any atom is -0.492 e. The number of carbonyl (C=O) groups is 1. The Balaban J connectivity index is 1.52. The fourth-order valence-corrected chi connectivity index (χ4v) is 4.57. The Labute approximate surface area is 187 Å². The van der Waals surface area contributed by atoms with Gasteiger partial charge >= 0.3 is 0 Å². The van der Waals surface area contributed by atoms with Crippen LogP contribution in [0.1, 0.15) is 47.1 Å². The molecule has 0 aliphatic carbocycles. The first kappa shape index (κ1) is 21.8. The summed E-state index contributed by atoms with van der Waals surface area (Å²) in [7, 11) is 1.85. The molecule has 1 aliphatic rings. The lowest BCUT2D eigenvalue weighted by Gasteiger charge is -2.33. The van der Waals surface area contributed by atoms with Crippen molar-refractivity contribution in [3.8, 4) is 5.75 Å². The van der Waals surface area contributed by atoms with Crippen molar-refractivity contribution in [2.75, 3.05) is 25.4 Å². The predicted molar refractivity (Wildman–Crippen MR) is 125 cm³/mol. The van der Waals surface area contributed by atoms with Crippen molar-refractivity contribution in [3.05, 3.63) is 46.8 Å². The number of carbonyl (C=O) groups excluding carboxylic acids is 1. The number of rotatable bonds is 5. The summed E-state index contributed by atoms with van der Waals surface area (Å²) in [6, 6.07) is 7.32. The van der Waals surface area contributed by atoms with Gasteiger partial charge in [-0.05, 0) is 51.8 Å². The molecular weight excluding hydrogens is 404 g/mol. The number of piperidine rings is 1. The Morgan fingerprint density at radius 3 is 2.88 bits per heavy atom. The van der Waals surface area contributed by atoms with Gasteiger partial charge in [0.1, 0.15) is 5.75 Å². The minimum atomic E-state index is 0.0151. The molecule has 3 aromatic rings. The number of benzene rings is 1. The number of anilines is 1. The van der Waals surface area contributed by atoms with E-state index in [0.29, 0.717) is 41.4 Å². The number of pyridine rings is 1. The maximum atomic E-state index is 13.5. The summed E-state index contributed by atoms with van der Waals surface area (Å²) >= 11 is 0. The minimum absolute atomic E-state index is 0.0151. The molecule has 1 aromatic carbocycles. The van der Waals surface area contributed by atoms with Crippen molar-refractivity contribution in [2.24, 2.45) is 13.0 Å². The second-order valence-electron chi connectivity index (χ2n) is 8.63. The highest BCUT2D eigenvalue weighted by Gasteiger charge is 2.28. The van der Waals surface area contributed by atoms with Crippen LogP contribution in [0.3, 0.4) is 0 Å². The lowest BCUT2D eigenvalue weighted by atomic mass is 9.97. The van der Waals surface area contributed by atoms with Gasteiger partial charge in [-0.3, -0.25) is 9.48 Å². The van der Waals surface area contributed by atoms with Gasteiger partial charge in [0.15, 0.2) is 5.65 Å². The molecule has 1 amide bonds. The highest BCUT2D eigenvalue weighted by molar-refractivity contribution is 6.06. The van der Waals surface area contributed by atoms with E-state index in [4.69, 9.17) is 15.9 Å². The number of likely N-dealkylation sites (tertiary alicyclic amines) is 1. The lowest BCUT2D eigenvalue weighted by molar-refractivity contribution is 0.0635. The summed E-state index contributed by atoms with van der Waals surface area (Å²) < 4.78 is 7.81. The van der Waals surface area contributed by atoms with Gasteiger partial charge in [0.2, 0.25) is 0 Å². The number of hydrogen-bond donors (Lipinski definition) is 2. The topological polar surface area (TPSA) is 110 Å². The fourth-order valence-electron chi connectivity index (χ4n) is 4.57. The van der Waals surface area contributed by atoms with E-state index < -0.39 is 0 Å². The molecule has 0 radical (unpaired) electrons. The molecule has 4 rings (SSSR count). The van der Waals surface area contributed by atoms with Gasteiger partial charge in [0, 0.05) is 43.1 Å². The molecule has 8 nitrogen and oxygen atoms in total. The van der Waals surface area contributed by atoms with Gasteiger partial charge in [0.05, 0.1) is 28.8 Å². The van der Waals surface area contributed by atoms with Gasteiger partial charge in [-0.15, -0.1) is 0 Å². The van der Waals surface area contributed by atoms with E-state index in [9.17, 15) is 4.79 Å². The summed E-state index contributed by atoms with van der Waals surface area (Å²) in [6.45, 7) is 7.35. The Morgan fingerprint density at radius 2 is 2.12 bits per heavy atom. The summed E-state index contributed by atoms with van der Waals surface area (Å²) in [4.78, 5) is 20.0. The van der Waals surface area contributed by atoms with Crippen LogP contribution >= 0.6 is 0 Å². The SMILES string of the molecule is CC(=N)c1c(N)cccc1OCC1CCCN(C(=O)c2cc(C)nc3c2c(C)nn3C)C1. The molecule has 1 saturated heterocycles. The highest BCUT2D eigenvalue weighted by atomic mass is 16.5. The summed E-state index contributed by atoms with van der Waals surface area (Å²) in [6.07, 6.45) is 1.91. The van der Waals surface area contributed by atoms with Crippen LogP contribution in [-0.2, 0) is 7.05 Å². The van der Waals surface area contributed by atoms with Crippen LogP contribution in [0.2, 0.25) is 0 Å². The molecule has 32 heavy (non-hydrogen) atoms. The summed E-state index contributed by atoms with van der Waals surface area (Å²) in [5.74, 6) is 0.848. The Kier molecular flexibility index (Phi) is 5.86. The molecule has 2 aromatic heterocycles. The number of nitrogen functional groups attached to an aromatic ring is 1. The second kappa shape index (κ2) is 8.61. The zero-order valence-electron chi connectivity index (χ0n) is 19.1. The first-order chi connectivity index (χ1) is 15.3. The maximum Gasteiger partial charge on any atom is 0.254 e. The average molecular weight is 435 g/mol. The Morgan fingerprint density at radius 1 is 1.34 bits per heavy atom. The Hall–Kier alpha value is -3.42. The van der Waals surface area contributed by atoms with Crippen molar-refractivity contribution in [1.29, 1.82) is 5.41 Å². The molecule has 3 heterocycles. The van der Waals surface area contributed by atoms with Gasteiger partial charge < -0.3 is 20.8 Å². The quantitative estimate of drug-likeness (QED) is 0.472. The van der Waals surface area contributed by atoms with Crippen LogP contribution < -0.4 is 10.5 Å². The van der Waals surface area contributed by atoms with E-state index in [1.165, 1.54) is 0 Å². The molecule has 168 valence electrons. The Bertz CT molecular complexity index is 1200. The lowest BCUT2D eigenvalue weighted by Crippen LogP contribution is -2.41. The summed E-state index contributed by atoms with van der Waals surface area (Å²) in [5, 5.41) is 13.3. The molecular formula is C24H30N6O2. The number of fused-ring (bicyclic) bond motifs is 1. The zero-order chi connectivity index (χ0) is 23.0. The van der Waals surface area contributed by atoms with E-state index in [1.54, 1.807) is 17.7 Å². The van der Waals surface area contributed by atoms with E-state index >= 15 is 0 Å². The van der Waals surface area contributed by atoms with Crippen molar-refractivity contribution in [1.82, 2.24) is 19.7 Å². The van der Waals surface area contributed by atoms with E-state index in [-0.39, 0.29) is 11.8 Å². The smallest absolute Gasteiger partial charge is 0.254 e. The van der Waals surface area contributed by atoms with Gasteiger partial charge in [-0.1, -0.05) is 6.07 Å². The number of nitrogens with two attached hydrogens (primary N) is 1. The highest BCUT2D eigenvalue weighted by Crippen LogP contribution is 2.28.